The van der Waals surface area contributed by atoms with Crippen LogP contribution in [-0.2, 0) is 6.54 Å². The van der Waals surface area contributed by atoms with Crippen LogP contribution in [0.2, 0.25) is 0 Å². The van der Waals surface area contributed by atoms with Crippen molar-refractivity contribution in [1.29, 1.82) is 0 Å². The third-order valence-electron chi connectivity index (χ3n) is 2.71. The molecule has 1 aromatic heterocycles. The Kier molecular flexibility index (Phi) is 4.06. The Balaban J connectivity index is 2.02. The van der Waals surface area contributed by atoms with Crippen molar-refractivity contribution in [3.63, 3.8) is 0 Å². The summed E-state index contributed by atoms with van der Waals surface area (Å²) in [6.07, 6.45) is 1.29. The lowest BCUT2D eigenvalue weighted by molar-refractivity contribution is -0.392. The Hall–Kier alpha value is -2.02. The van der Waals surface area contributed by atoms with E-state index in [0.717, 1.165) is 10.6 Å². The average Bonchev–Trinajstić information content (AvgIpc) is 2.74. The highest BCUT2D eigenvalue weighted by Crippen LogP contribution is 2.25. The molecule has 0 aliphatic carbocycles. The van der Waals surface area contributed by atoms with E-state index in [1.54, 1.807) is 23.3 Å². The molecule has 6 nitrogen and oxygen atoms in total. The highest BCUT2D eigenvalue weighted by Gasteiger charge is 2.16. The van der Waals surface area contributed by atoms with Crippen molar-refractivity contribution >= 4 is 23.3 Å². The first-order valence-electron chi connectivity index (χ1n) is 5.73. The molecule has 2 aromatic rings. The average molecular weight is 278 g/mol. The molecular weight excluding hydrogens is 264 g/mol. The van der Waals surface area contributed by atoms with Crippen LogP contribution in [0.1, 0.15) is 5.82 Å². The second-order valence-electron chi connectivity index (χ2n) is 3.96. The number of imidazole rings is 1. The van der Waals surface area contributed by atoms with Gasteiger partial charge in [-0.1, -0.05) is 12.1 Å². The summed E-state index contributed by atoms with van der Waals surface area (Å²) in [6, 6.07) is 7.58. The fourth-order valence-electron chi connectivity index (χ4n) is 1.74. The van der Waals surface area contributed by atoms with E-state index in [2.05, 4.69) is 4.98 Å². The molecule has 2 N–H and O–H groups in total. The third kappa shape index (κ3) is 3.05. The van der Waals surface area contributed by atoms with Crippen molar-refractivity contribution in [1.82, 2.24) is 9.55 Å². The quantitative estimate of drug-likeness (QED) is 0.393. The van der Waals surface area contributed by atoms with Crippen LogP contribution >= 0.6 is 11.8 Å². The van der Waals surface area contributed by atoms with Crippen LogP contribution < -0.4 is 5.73 Å². The lowest BCUT2D eigenvalue weighted by atomic mass is 10.3. The molecule has 0 saturated carbocycles. The molecule has 0 amide bonds. The molecule has 0 saturated heterocycles. The van der Waals surface area contributed by atoms with Crippen molar-refractivity contribution in [2.24, 2.45) is 0 Å². The number of hydrogen-bond acceptors (Lipinski definition) is 5. The Morgan fingerprint density at radius 2 is 2.21 bits per heavy atom. The molecule has 0 unspecified atom stereocenters. The summed E-state index contributed by atoms with van der Waals surface area (Å²) in [7, 11) is 0. The molecule has 0 atom stereocenters. The Bertz CT molecular complexity index is 597. The van der Waals surface area contributed by atoms with E-state index in [-0.39, 0.29) is 5.82 Å². The van der Waals surface area contributed by atoms with E-state index in [1.165, 1.54) is 6.20 Å². The Labute approximate surface area is 114 Å². The lowest BCUT2D eigenvalue weighted by Crippen LogP contribution is -2.06. The minimum atomic E-state index is -0.415. The lowest BCUT2D eigenvalue weighted by Gasteiger charge is -2.05. The van der Waals surface area contributed by atoms with Crippen molar-refractivity contribution in [3.8, 4) is 0 Å². The van der Waals surface area contributed by atoms with Crippen LogP contribution in [0.4, 0.5) is 11.5 Å². The highest BCUT2D eigenvalue weighted by molar-refractivity contribution is 7.99. The summed E-state index contributed by atoms with van der Waals surface area (Å²) < 4.78 is 1.60. The van der Waals surface area contributed by atoms with Gasteiger partial charge in [0.2, 0.25) is 0 Å². The molecule has 19 heavy (non-hydrogen) atoms. The van der Waals surface area contributed by atoms with Crippen molar-refractivity contribution in [3.05, 3.63) is 46.4 Å². The molecule has 0 radical (unpaired) electrons. The predicted octanol–water partition coefficient (Wildman–Crippen LogP) is 2.47. The summed E-state index contributed by atoms with van der Waals surface area (Å²) >= 11 is 1.58. The fourth-order valence-corrected chi connectivity index (χ4v) is 2.64. The molecular formula is C12H14N4O2S. The van der Waals surface area contributed by atoms with Gasteiger partial charge in [-0.25, -0.2) is 9.55 Å². The normalized spacial score (nSPS) is 10.6. The van der Waals surface area contributed by atoms with Crippen LogP contribution in [0.25, 0.3) is 0 Å². The molecule has 0 spiro atoms. The second kappa shape index (κ2) is 5.75. The first-order valence-corrected chi connectivity index (χ1v) is 6.72. The van der Waals surface area contributed by atoms with Crippen molar-refractivity contribution < 1.29 is 4.92 Å². The van der Waals surface area contributed by atoms with Crippen LogP contribution in [-0.4, -0.2) is 20.2 Å². The van der Waals surface area contributed by atoms with Crippen LogP contribution in [0.3, 0.4) is 0 Å². The maximum atomic E-state index is 10.8. The minimum absolute atomic E-state index is 0.0270. The maximum absolute atomic E-state index is 10.8. The number of nitro groups is 1. The van der Waals surface area contributed by atoms with Gasteiger partial charge in [-0.15, -0.1) is 11.8 Å². The van der Waals surface area contributed by atoms with Gasteiger partial charge in [-0.3, -0.25) is 0 Å². The molecule has 7 heteroatoms. The molecule has 1 heterocycles. The smallest absolute Gasteiger partial charge is 0.342 e. The topological polar surface area (TPSA) is 87.0 Å². The largest absolute Gasteiger partial charge is 0.398 e. The van der Waals surface area contributed by atoms with Gasteiger partial charge in [0.1, 0.15) is 12.7 Å². The van der Waals surface area contributed by atoms with E-state index in [4.69, 9.17) is 5.73 Å². The van der Waals surface area contributed by atoms with Gasteiger partial charge < -0.3 is 15.8 Å². The molecule has 0 bridgehead atoms. The first kappa shape index (κ1) is 13.4. The number of thioether (sulfide) groups is 1. The number of nitrogens with two attached hydrogens (primary N) is 1. The zero-order chi connectivity index (χ0) is 13.8. The van der Waals surface area contributed by atoms with Crippen LogP contribution in [0.5, 0.6) is 0 Å². The van der Waals surface area contributed by atoms with Gasteiger partial charge >= 0.3 is 5.82 Å². The van der Waals surface area contributed by atoms with Gasteiger partial charge in [0.25, 0.3) is 0 Å². The van der Waals surface area contributed by atoms with Crippen molar-refractivity contribution in [2.45, 2.75) is 18.4 Å². The maximum Gasteiger partial charge on any atom is 0.342 e. The minimum Gasteiger partial charge on any atom is -0.398 e. The number of nitrogens with zero attached hydrogens (tertiary/aromatic N) is 3. The van der Waals surface area contributed by atoms with Crippen LogP contribution in [0.15, 0.2) is 35.4 Å². The number of benzene rings is 1. The molecule has 0 fully saturated rings. The van der Waals surface area contributed by atoms with Crippen molar-refractivity contribution in [2.75, 3.05) is 11.5 Å². The summed E-state index contributed by atoms with van der Waals surface area (Å²) in [5, 5.41) is 10.8. The number of hydrogen-bond donors (Lipinski definition) is 1. The molecule has 1 aromatic carbocycles. The van der Waals surface area contributed by atoms with Gasteiger partial charge in [-0.05, 0) is 17.1 Å². The van der Waals surface area contributed by atoms with E-state index in [0.29, 0.717) is 18.1 Å². The first-order chi connectivity index (χ1) is 9.09. The van der Waals surface area contributed by atoms with E-state index < -0.39 is 4.92 Å². The zero-order valence-electron chi connectivity index (χ0n) is 10.4. The SMILES string of the molecule is Cc1ncc([N+](=O)[O-])n1CCSc1ccccc1N. The van der Waals surface area contributed by atoms with E-state index in [9.17, 15) is 10.1 Å². The number of anilines is 1. The number of nitrogen functional groups attached to an aromatic ring is 1. The Morgan fingerprint density at radius 3 is 2.89 bits per heavy atom. The van der Waals surface area contributed by atoms with Crippen LogP contribution in [0, 0.1) is 17.0 Å². The monoisotopic (exact) mass is 278 g/mol. The summed E-state index contributed by atoms with van der Waals surface area (Å²) in [6.45, 7) is 2.29. The molecule has 2 rings (SSSR count). The fraction of sp³-hybridized carbons (Fsp3) is 0.250. The number of para-hydroxylation sites is 1. The second-order valence-corrected chi connectivity index (χ2v) is 5.10. The standard InChI is InChI=1S/C12H14N4O2S/c1-9-14-8-12(16(17)18)15(9)6-7-19-11-5-3-2-4-10(11)13/h2-5,8H,6-7,13H2,1H3. The van der Waals surface area contributed by atoms with Gasteiger partial charge in [0, 0.05) is 23.3 Å². The summed E-state index contributed by atoms with van der Waals surface area (Å²) in [4.78, 5) is 15.4. The Morgan fingerprint density at radius 1 is 1.47 bits per heavy atom. The summed E-state index contributed by atoms with van der Waals surface area (Å²) in [5.74, 6) is 1.37. The highest BCUT2D eigenvalue weighted by atomic mass is 32.2. The van der Waals surface area contributed by atoms with Gasteiger partial charge in [0.05, 0.1) is 0 Å². The van der Waals surface area contributed by atoms with Gasteiger partial charge in [0.15, 0.2) is 5.82 Å². The molecule has 0 aliphatic heterocycles. The molecule has 100 valence electrons. The number of aromatic nitrogens is 2. The summed E-state index contributed by atoms with van der Waals surface area (Å²) in [5.41, 5.74) is 6.57. The molecule has 0 aliphatic rings. The number of rotatable bonds is 5. The number of aryl methyl sites for hydroxylation is 1. The van der Waals surface area contributed by atoms with E-state index >= 15 is 0 Å². The van der Waals surface area contributed by atoms with Gasteiger partial charge in [-0.2, -0.15) is 0 Å². The zero-order valence-corrected chi connectivity index (χ0v) is 11.3. The van der Waals surface area contributed by atoms with E-state index in [1.807, 2.05) is 24.3 Å². The third-order valence-corrected chi connectivity index (χ3v) is 3.78. The predicted molar refractivity (Wildman–Crippen MR) is 75.2 cm³/mol.